The van der Waals surface area contributed by atoms with E-state index in [1.54, 1.807) is 0 Å². The predicted molar refractivity (Wildman–Crippen MR) is 413 cm³/mol. The molecule has 24 heteroatoms. The van der Waals surface area contributed by atoms with Gasteiger partial charge >= 0.3 is 0 Å². The molecule has 568 valence electrons. The normalized spacial score (nSPS) is 16.3. The zero-order valence-electron chi connectivity index (χ0n) is 62.8. The van der Waals surface area contributed by atoms with E-state index in [1.807, 2.05) is 0 Å². The first-order valence-electron chi connectivity index (χ1n) is 38.2. The van der Waals surface area contributed by atoms with Gasteiger partial charge in [0, 0.05) is 93.4 Å². The number of carbonyl (C=O) groups is 12. The van der Waals surface area contributed by atoms with Gasteiger partial charge in [0.25, 0.3) is 23.6 Å². The number of hydrogen-bond donors (Lipinski definition) is 12. The van der Waals surface area contributed by atoms with Crippen LogP contribution >= 0.6 is 0 Å². The van der Waals surface area contributed by atoms with Crippen LogP contribution in [0.15, 0.2) is 72.8 Å². The van der Waals surface area contributed by atoms with Crippen molar-refractivity contribution in [2.75, 3.05) is 42.5 Å². The van der Waals surface area contributed by atoms with Crippen LogP contribution in [0.2, 0.25) is 0 Å². The lowest BCUT2D eigenvalue weighted by Crippen LogP contribution is -2.42. The topological polar surface area (TPSA) is 349 Å². The number of unbranched alkanes of at least 4 members (excludes halogenated alkanes) is 24. The van der Waals surface area contributed by atoms with Crippen molar-refractivity contribution in [2.24, 2.45) is 0 Å². The Kier molecular flexibility index (Phi) is 38.5. The fourth-order valence-corrected chi connectivity index (χ4v) is 11.9. The van der Waals surface area contributed by atoms with Gasteiger partial charge in [0.1, 0.15) is 24.2 Å². The van der Waals surface area contributed by atoms with Crippen LogP contribution in [0.25, 0.3) is 0 Å². The van der Waals surface area contributed by atoms with Crippen molar-refractivity contribution < 1.29 is 57.5 Å². The Hall–Kier alpha value is -9.48. The summed E-state index contributed by atoms with van der Waals surface area (Å²) in [5, 5.41) is 33.0. The number of anilines is 8. The van der Waals surface area contributed by atoms with E-state index < -0.39 is 71.4 Å². The number of nitrogens with one attached hydrogen (secondary N) is 12. The van der Waals surface area contributed by atoms with Crippen LogP contribution in [0.4, 0.5) is 45.5 Å². The van der Waals surface area contributed by atoms with Crippen molar-refractivity contribution in [2.45, 2.75) is 285 Å². The van der Waals surface area contributed by atoms with Crippen LogP contribution in [-0.4, -0.2) is 95.1 Å². The zero-order chi connectivity index (χ0) is 75.8. The minimum Gasteiger partial charge on any atom is -0.341 e. The molecule has 0 radical (unpaired) electrons. The summed E-state index contributed by atoms with van der Waals surface area (Å²) < 4.78 is 0. The Bertz CT molecular complexity index is 3080. The first-order valence-corrected chi connectivity index (χ1v) is 38.2. The van der Waals surface area contributed by atoms with Crippen molar-refractivity contribution in [3.63, 3.8) is 0 Å². The maximum Gasteiger partial charge on any atom is 0.252 e. The van der Waals surface area contributed by atoms with Gasteiger partial charge in [0.05, 0.1) is 0 Å². The minimum atomic E-state index is -1.28. The van der Waals surface area contributed by atoms with Gasteiger partial charge < -0.3 is 63.8 Å². The quantitative estimate of drug-likeness (QED) is 0.0189. The first kappa shape index (κ1) is 85.2. The summed E-state index contributed by atoms with van der Waals surface area (Å²) in [7, 11) is 0. The molecule has 5 rings (SSSR count). The summed E-state index contributed by atoms with van der Waals surface area (Å²) in [5.41, 5.74) is 0.378. The van der Waals surface area contributed by atoms with Gasteiger partial charge in [-0.05, 0) is 126 Å². The second-order valence-corrected chi connectivity index (χ2v) is 27.6. The van der Waals surface area contributed by atoms with E-state index in [4.69, 9.17) is 0 Å². The summed E-state index contributed by atoms with van der Waals surface area (Å²) in [6.07, 6.45) is 28.0. The van der Waals surface area contributed by atoms with E-state index >= 15 is 0 Å². The summed E-state index contributed by atoms with van der Waals surface area (Å²) in [4.78, 5) is 168. The van der Waals surface area contributed by atoms with E-state index in [2.05, 4.69) is 91.5 Å². The van der Waals surface area contributed by atoms with Crippen molar-refractivity contribution in [1.82, 2.24) is 21.3 Å². The Balaban J connectivity index is 1.54. The number of fused-ring (bicyclic) bond motifs is 8. The lowest BCUT2D eigenvalue weighted by Gasteiger charge is -2.19. The third kappa shape index (κ3) is 32.5. The van der Waals surface area contributed by atoms with Crippen molar-refractivity contribution in [1.29, 1.82) is 0 Å². The molecule has 1 aliphatic heterocycles. The SMILES string of the molecule is CCCCCCCCCC(=O)Nc1cc2cc(c1)C(=O)N[C@@H](C)C(=O)Nc1cc(NC(=O)CCCCCCCCC)cc(c1)C(=O)N[C@@H](C)C(=O)Nc1cc(NC(=O)CCCCCCCCC)cc(c1)C(=O)N[C@@H](C)C(=O)Nc1cc(NC(=O)CCCCCCCCC)cc(c1)C(=O)N[C@@H](C)C(=O)N2. The molecule has 0 aliphatic carbocycles. The highest BCUT2D eigenvalue weighted by molar-refractivity contribution is 6.09. The molecule has 1 heterocycles. The standard InChI is InChI=1S/C80H116N12O12/c1-9-13-17-21-25-29-33-37-69(93)85-61-41-57-45-65(49-61)89-73(97)53(5)82-78(102)58-42-62(86-70(94)38-34-30-26-22-18-14-10-2)51-67(46-58)91-75(99)55(7)84-80(104)60-44-64(88-72(96)40-36-32-28-24-20-16-12-4)52-68(48-60)92-76(100)56(8)83-79(103)59-43-63(87-71(95)39-35-31-27-23-19-15-11-3)50-66(47-59)90-74(98)54(6)81-77(57)101/h41-56H,9-40H2,1-8H3,(H,81,101)(H,82,102)(H,83,103)(H,84,104)(H,85,93)(H,86,94)(H,87,95)(H,88,96)(H,89,97)(H,90,98)(H,91,99)(H,92,100)/t53-,54-,55-,56-/m0/s1. The van der Waals surface area contributed by atoms with Crippen molar-refractivity contribution >= 4 is 116 Å². The molecule has 4 aromatic rings. The molecular weight excluding hydrogens is 1320 g/mol. The maximum atomic E-state index is 14.3. The fraction of sp³-hybridized carbons (Fsp3) is 0.550. The second-order valence-electron chi connectivity index (χ2n) is 27.6. The Morgan fingerprint density at radius 1 is 0.260 bits per heavy atom. The van der Waals surface area contributed by atoms with Crippen LogP contribution < -0.4 is 63.8 Å². The van der Waals surface area contributed by atoms with Gasteiger partial charge in [-0.25, -0.2) is 0 Å². The average molecular weight is 1440 g/mol. The molecular formula is C80H116N12O12. The highest BCUT2D eigenvalue weighted by Gasteiger charge is 2.26. The summed E-state index contributed by atoms with van der Waals surface area (Å²) >= 11 is 0. The monoisotopic (exact) mass is 1440 g/mol. The molecule has 12 amide bonds. The number of benzene rings is 4. The summed E-state index contributed by atoms with van der Waals surface area (Å²) in [6.45, 7) is 14.2. The van der Waals surface area contributed by atoms with Gasteiger partial charge in [-0.3, -0.25) is 57.5 Å². The molecule has 1 aliphatic rings. The maximum absolute atomic E-state index is 14.3. The molecule has 4 aromatic carbocycles. The van der Waals surface area contributed by atoms with Crippen molar-refractivity contribution in [3.8, 4) is 0 Å². The molecule has 12 N–H and O–H groups in total. The highest BCUT2D eigenvalue weighted by atomic mass is 16.2. The van der Waals surface area contributed by atoms with Gasteiger partial charge in [-0.1, -0.05) is 182 Å². The highest BCUT2D eigenvalue weighted by Crippen LogP contribution is 2.27. The molecule has 0 saturated heterocycles. The Labute approximate surface area is 615 Å². The Morgan fingerprint density at radius 3 is 0.615 bits per heavy atom. The van der Waals surface area contributed by atoms with Gasteiger partial charge in [-0.15, -0.1) is 0 Å². The molecule has 0 unspecified atom stereocenters. The number of rotatable bonds is 36. The molecule has 4 atom stereocenters. The summed E-state index contributed by atoms with van der Waals surface area (Å²) in [6, 6.07) is 11.5. The van der Waals surface area contributed by atoms with E-state index in [1.165, 1.54) is 100 Å². The smallest absolute Gasteiger partial charge is 0.252 e. The molecule has 24 nitrogen and oxygen atoms in total. The molecule has 8 bridgehead atoms. The first-order chi connectivity index (χ1) is 50.0. The van der Waals surface area contributed by atoms with E-state index in [0.717, 1.165) is 154 Å². The Morgan fingerprint density at radius 2 is 0.433 bits per heavy atom. The third-order valence-electron chi connectivity index (χ3n) is 18.0. The number of carbonyl (C=O) groups excluding carboxylic acids is 12. The predicted octanol–water partition coefficient (Wildman–Crippen LogP) is 15.3. The minimum absolute atomic E-state index is 0.0346. The fourth-order valence-electron chi connectivity index (χ4n) is 11.9. The molecule has 0 saturated carbocycles. The van der Waals surface area contributed by atoms with E-state index in [9.17, 15) is 57.5 Å². The lowest BCUT2D eigenvalue weighted by molar-refractivity contribution is -0.118. The second kappa shape index (κ2) is 47.0. The molecule has 104 heavy (non-hydrogen) atoms. The largest absolute Gasteiger partial charge is 0.341 e. The van der Waals surface area contributed by atoms with Crippen LogP contribution in [0.3, 0.4) is 0 Å². The van der Waals surface area contributed by atoms with E-state index in [0.29, 0.717) is 25.7 Å². The zero-order valence-corrected chi connectivity index (χ0v) is 62.8. The molecule has 0 fully saturated rings. The lowest BCUT2D eigenvalue weighted by atomic mass is 10.1. The number of hydrogen-bond acceptors (Lipinski definition) is 12. The van der Waals surface area contributed by atoms with Gasteiger partial charge in [-0.2, -0.15) is 0 Å². The average Bonchev–Trinajstić information content (AvgIpc) is 0.844. The van der Waals surface area contributed by atoms with Crippen LogP contribution in [-0.2, 0) is 38.4 Å². The molecule has 0 aromatic heterocycles. The van der Waals surface area contributed by atoms with Crippen LogP contribution in [0.1, 0.15) is 302 Å². The van der Waals surface area contributed by atoms with Gasteiger partial charge in [0.2, 0.25) is 47.3 Å². The van der Waals surface area contributed by atoms with E-state index in [-0.39, 0.29) is 117 Å². The van der Waals surface area contributed by atoms with Crippen LogP contribution in [0.5, 0.6) is 0 Å². The van der Waals surface area contributed by atoms with Crippen molar-refractivity contribution in [3.05, 3.63) is 95.1 Å². The van der Waals surface area contributed by atoms with Gasteiger partial charge in [0.15, 0.2) is 0 Å². The summed E-state index contributed by atoms with van der Waals surface area (Å²) in [5.74, 6) is -7.56. The third-order valence-corrected chi connectivity index (χ3v) is 18.0. The molecule has 0 spiro atoms. The number of amides is 12. The van der Waals surface area contributed by atoms with Crippen LogP contribution in [0, 0.1) is 0 Å².